The molecule has 0 aliphatic carbocycles. The zero-order valence-electron chi connectivity index (χ0n) is 12.3. The molecule has 2 unspecified atom stereocenters. The molecule has 1 aromatic heterocycles. The van der Waals surface area contributed by atoms with E-state index in [0.29, 0.717) is 11.7 Å². The van der Waals surface area contributed by atoms with Crippen LogP contribution in [0.4, 0.5) is 0 Å². The Morgan fingerprint density at radius 3 is 2.40 bits per heavy atom. The maximum Gasteiger partial charge on any atom is 0.232 e. The fourth-order valence-corrected chi connectivity index (χ4v) is 2.45. The predicted molar refractivity (Wildman–Crippen MR) is 77.4 cm³/mol. The van der Waals surface area contributed by atoms with Gasteiger partial charge in [0.1, 0.15) is 0 Å². The Morgan fingerprint density at radius 1 is 1.10 bits per heavy atom. The molecule has 1 aromatic carbocycles. The second kappa shape index (κ2) is 6.66. The predicted octanol–water partition coefficient (Wildman–Crippen LogP) is 2.98. The summed E-state index contributed by atoms with van der Waals surface area (Å²) in [6, 6.07) is 10.2. The lowest BCUT2D eigenvalue weighted by molar-refractivity contribution is 0.120. The minimum absolute atomic E-state index is 0.104. The van der Waals surface area contributed by atoms with Gasteiger partial charge in [0.25, 0.3) is 0 Å². The van der Waals surface area contributed by atoms with Gasteiger partial charge >= 0.3 is 0 Å². The summed E-state index contributed by atoms with van der Waals surface area (Å²) in [6.45, 7) is 5.86. The average Bonchev–Trinajstić information content (AvgIpc) is 2.85. The van der Waals surface area contributed by atoms with Crippen LogP contribution in [0.25, 0.3) is 0 Å². The van der Waals surface area contributed by atoms with Gasteiger partial charge in [0.05, 0.1) is 12.0 Å². The molecule has 0 spiro atoms. The van der Waals surface area contributed by atoms with Gasteiger partial charge in [-0.15, -0.1) is 0 Å². The third-order valence-electron chi connectivity index (χ3n) is 3.49. The SMILES string of the molecule is CC(C)C(c1nc(CCc2ccccc2)no1)C(C)O. The van der Waals surface area contributed by atoms with E-state index in [1.54, 1.807) is 6.92 Å². The number of hydrogen-bond donors (Lipinski definition) is 1. The van der Waals surface area contributed by atoms with Crippen LogP contribution in [-0.4, -0.2) is 21.4 Å². The first-order chi connectivity index (χ1) is 9.58. The normalized spacial score (nSPS) is 14.4. The zero-order valence-corrected chi connectivity index (χ0v) is 12.3. The highest BCUT2D eigenvalue weighted by Gasteiger charge is 2.26. The van der Waals surface area contributed by atoms with Crippen LogP contribution in [0.3, 0.4) is 0 Å². The van der Waals surface area contributed by atoms with Gasteiger partial charge in [0.15, 0.2) is 5.82 Å². The summed E-state index contributed by atoms with van der Waals surface area (Å²) in [6.07, 6.45) is 1.15. The van der Waals surface area contributed by atoms with Crippen LogP contribution in [0.15, 0.2) is 34.9 Å². The highest BCUT2D eigenvalue weighted by molar-refractivity contribution is 5.15. The van der Waals surface area contributed by atoms with Crippen molar-refractivity contribution >= 4 is 0 Å². The van der Waals surface area contributed by atoms with Crippen molar-refractivity contribution in [2.24, 2.45) is 5.92 Å². The molecule has 4 nitrogen and oxygen atoms in total. The minimum atomic E-state index is -0.488. The van der Waals surface area contributed by atoms with Crippen LogP contribution < -0.4 is 0 Å². The van der Waals surface area contributed by atoms with E-state index in [9.17, 15) is 5.11 Å². The quantitative estimate of drug-likeness (QED) is 0.879. The van der Waals surface area contributed by atoms with Gasteiger partial charge in [0.2, 0.25) is 5.89 Å². The lowest BCUT2D eigenvalue weighted by Crippen LogP contribution is -2.20. The number of nitrogens with zero attached hydrogens (tertiary/aromatic N) is 2. The molecular formula is C16H22N2O2. The summed E-state index contributed by atoms with van der Waals surface area (Å²) in [5.74, 6) is 1.40. The Hall–Kier alpha value is -1.68. The minimum Gasteiger partial charge on any atom is -0.393 e. The van der Waals surface area contributed by atoms with Gasteiger partial charge in [-0.2, -0.15) is 4.98 Å². The molecule has 0 saturated carbocycles. The Balaban J connectivity index is 2.01. The maximum atomic E-state index is 9.83. The van der Waals surface area contributed by atoms with Crippen LogP contribution in [0, 0.1) is 5.92 Å². The summed E-state index contributed by atoms with van der Waals surface area (Å²) >= 11 is 0. The van der Waals surface area contributed by atoms with E-state index in [1.807, 2.05) is 32.0 Å². The van der Waals surface area contributed by atoms with Crippen molar-refractivity contribution in [1.29, 1.82) is 0 Å². The standard InChI is InChI=1S/C16H22N2O2/c1-11(2)15(12(3)19)16-17-14(18-20-16)10-9-13-7-5-4-6-8-13/h4-8,11-12,15,19H,9-10H2,1-3H3. The second-order valence-corrected chi connectivity index (χ2v) is 5.54. The molecule has 20 heavy (non-hydrogen) atoms. The lowest BCUT2D eigenvalue weighted by Gasteiger charge is -2.19. The molecule has 0 aliphatic rings. The first kappa shape index (κ1) is 14.7. The van der Waals surface area contributed by atoms with Gasteiger partial charge in [-0.05, 0) is 24.8 Å². The number of aliphatic hydroxyl groups excluding tert-OH is 1. The van der Waals surface area contributed by atoms with E-state index in [0.717, 1.165) is 12.8 Å². The van der Waals surface area contributed by atoms with Crippen molar-refractivity contribution < 1.29 is 9.63 Å². The Kier molecular flexibility index (Phi) is 4.90. The Morgan fingerprint density at radius 2 is 1.80 bits per heavy atom. The third-order valence-corrected chi connectivity index (χ3v) is 3.49. The van der Waals surface area contributed by atoms with E-state index in [4.69, 9.17) is 4.52 Å². The van der Waals surface area contributed by atoms with Crippen molar-refractivity contribution in [3.05, 3.63) is 47.6 Å². The molecule has 0 amide bonds. The van der Waals surface area contributed by atoms with Gasteiger partial charge < -0.3 is 9.63 Å². The van der Waals surface area contributed by atoms with E-state index < -0.39 is 6.10 Å². The molecule has 0 radical (unpaired) electrons. The van der Waals surface area contributed by atoms with Crippen LogP contribution in [0.2, 0.25) is 0 Å². The number of aryl methyl sites for hydroxylation is 2. The van der Waals surface area contributed by atoms with Crippen molar-refractivity contribution in [2.45, 2.75) is 45.6 Å². The number of hydrogen-bond acceptors (Lipinski definition) is 4. The largest absolute Gasteiger partial charge is 0.393 e. The van der Waals surface area contributed by atoms with E-state index in [2.05, 4.69) is 22.3 Å². The smallest absolute Gasteiger partial charge is 0.232 e. The number of aliphatic hydroxyl groups is 1. The highest BCUT2D eigenvalue weighted by Crippen LogP contribution is 2.26. The second-order valence-electron chi connectivity index (χ2n) is 5.54. The van der Waals surface area contributed by atoms with Gasteiger partial charge in [-0.1, -0.05) is 49.3 Å². The van der Waals surface area contributed by atoms with Crippen molar-refractivity contribution in [3.8, 4) is 0 Å². The van der Waals surface area contributed by atoms with Crippen LogP contribution in [0.5, 0.6) is 0 Å². The van der Waals surface area contributed by atoms with Crippen molar-refractivity contribution in [3.63, 3.8) is 0 Å². The first-order valence-electron chi connectivity index (χ1n) is 7.12. The lowest BCUT2D eigenvalue weighted by atomic mass is 9.91. The van der Waals surface area contributed by atoms with E-state index in [-0.39, 0.29) is 11.8 Å². The molecule has 2 atom stereocenters. The summed E-state index contributed by atoms with van der Waals surface area (Å²) in [4.78, 5) is 4.43. The summed E-state index contributed by atoms with van der Waals surface area (Å²) < 4.78 is 5.32. The topological polar surface area (TPSA) is 59.2 Å². The fraction of sp³-hybridized carbons (Fsp3) is 0.500. The first-order valence-corrected chi connectivity index (χ1v) is 7.12. The molecule has 0 saturated heterocycles. The molecule has 4 heteroatoms. The van der Waals surface area contributed by atoms with Crippen LogP contribution >= 0.6 is 0 Å². The monoisotopic (exact) mass is 274 g/mol. The Bertz CT molecular complexity index is 512. The van der Waals surface area contributed by atoms with E-state index in [1.165, 1.54) is 5.56 Å². The van der Waals surface area contributed by atoms with Gasteiger partial charge in [-0.3, -0.25) is 0 Å². The summed E-state index contributed by atoms with van der Waals surface area (Å²) in [5, 5.41) is 13.8. The number of benzene rings is 1. The highest BCUT2D eigenvalue weighted by atomic mass is 16.5. The summed E-state index contributed by atoms with van der Waals surface area (Å²) in [5.41, 5.74) is 1.26. The molecular weight excluding hydrogens is 252 g/mol. The maximum absolute atomic E-state index is 9.83. The molecule has 108 valence electrons. The summed E-state index contributed by atoms with van der Waals surface area (Å²) in [7, 11) is 0. The Labute approximate surface area is 119 Å². The molecule has 1 N–H and O–H groups in total. The molecule has 0 bridgehead atoms. The van der Waals surface area contributed by atoms with E-state index >= 15 is 0 Å². The fourth-order valence-electron chi connectivity index (χ4n) is 2.45. The molecule has 2 aromatic rings. The van der Waals surface area contributed by atoms with Crippen molar-refractivity contribution in [1.82, 2.24) is 10.1 Å². The van der Waals surface area contributed by atoms with Crippen LogP contribution in [-0.2, 0) is 12.8 Å². The third kappa shape index (κ3) is 3.67. The number of aromatic nitrogens is 2. The zero-order chi connectivity index (χ0) is 14.5. The van der Waals surface area contributed by atoms with Crippen molar-refractivity contribution in [2.75, 3.05) is 0 Å². The van der Waals surface area contributed by atoms with Gasteiger partial charge in [-0.25, -0.2) is 0 Å². The van der Waals surface area contributed by atoms with Crippen LogP contribution in [0.1, 0.15) is 44.0 Å². The molecule has 2 rings (SSSR count). The average molecular weight is 274 g/mol. The molecule has 0 aliphatic heterocycles. The number of rotatable bonds is 6. The molecule has 0 fully saturated rings. The van der Waals surface area contributed by atoms with Gasteiger partial charge in [0, 0.05) is 6.42 Å². The molecule has 1 heterocycles.